The molecule has 1 atom stereocenters. The first-order valence-corrected chi connectivity index (χ1v) is 7.94. The molecule has 21 heavy (non-hydrogen) atoms. The molecule has 0 spiro atoms. The van der Waals surface area contributed by atoms with Gasteiger partial charge in [-0.3, -0.25) is 0 Å². The second-order valence-electron chi connectivity index (χ2n) is 7.60. The number of hydrogen-bond donors (Lipinski definition) is 0. The van der Waals surface area contributed by atoms with Crippen molar-refractivity contribution in [1.29, 1.82) is 0 Å². The lowest BCUT2D eigenvalue weighted by molar-refractivity contribution is -0.140. The highest BCUT2D eigenvalue weighted by molar-refractivity contribution is 5.68. The molecule has 2 aliphatic heterocycles. The number of nitrogens with zero attached hydrogens (tertiary/aromatic N) is 1. The molecule has 0 aromatic carbocycles. The Morgan fingerprint density at radius 1 is 1.29 bits per heavy atom. The second kappa shape index (κ2) is 6.13. The summed E-state index contributed by atoms with van der Waals surface area (Å²) in [6.45, 7) is 11.8. The molecule has 1 amide bonds. The first-order valence-electron chi connectivity index (χ1n) is 7.94. The molecule has 2 heterocycles. The van der Waals surface area contributed by atoms with Gasteiger partial charge in [-0.15, -0.1) is 0 Å². The lowest BCUT2D eigenvalue weighted by atomic mass is 9.91. The first kappa shape index (κ1) is 16.6. The summed E-state index contributed by atoms with van der Waals surface area (Å²) < 4.78 is 16.9. The van der Waals surface area contributed by atoms with Crippen LogP contribution in [0.2, 0.25) is 0 Å². The summed E-state index contributed by atoms with van der Waals surface area (Å²) in [6.07, 6.45) is 3.05. The maximum absolute atomic E-state index is 12.0. The highest BCUT2D eigenvalue weighted by Gasteiger charge is 2.35. The van der Waals surface area contributed by atoms with Crippen LogP contribution in [0.25, 0.3) is 0 Å². The molecule has 5 heteroatoms. The standard InChI is InChI=1S/C16H29NO4/c1-15(2,3)21-14(18)17-8-6-12(7-9-17)10-13-11-19-16(4,5)20-13/h12-13H,6-11H2,1-5H3. The van der Waals surface area contributed by atoms with Crippen molar-refractivity contribution in [2.24, 2.45) is 5.92 Å². The summed E-state index contributed by atoms with van der Waals surface area (Å²) in [6, 6.07) is 0. The van der Waals surface area contributed by atoms with Crippen LogP contribution in [0.5, 0.6) is 0 Å². The van der Waals surface area contributed by atoms with Crippen LogP contribution in [0, 0.1) is 5.92 Å². The average Bonchev–Trinajstić information content (AvgIpc) is 2.67. The van der Waals surface area contributed by atoms with Crippen LogP contribution < -0.4 is 0 Å². The molecule has 0 radical (unpaired) electrons. The summed E-state index contributed by atoms with van der Waals surface area (Å²) in [5.41, 5.74) is -0.422. The van der Waals surface area contributed by atoms with Gasteiger partial charge in [-0.1, -0.05) is 0 Å². The highest BCUT2D eigenvalue weighted by atomic mass is 16.7. The molecular weight excluding hydrogens is 270 g/mol. The Balaban J connectivity index is 1.72. The minimum absolute atomic E-state index is 0.192. The molecular formula is C16H29NO4. The summed E-state index contributed by atoms with van der Waals surface area (Å²) >= 11 is 0. The number of piperidine rings is 1. The van der Waals surface area contributed by atoms with Crippen molar-refractivity contribution in [2.45, 2.75) is 71.4 Å². The van der Waals surface area contributed by atoms with Gasteiger partial charge in [0.25, 0.3) is 0 Å². The molecule has 122 valence electrons. The zero-order valence-corrected chi connectivity index (χ0v) is 14.0. The van der Waals surface area contributed by atoms with Crippen molar-refractivity contribution in [3.8, 4) is 0 Å². The maximum atomic E-state index is 12.0. The van der Waals surface area contributed by atoms with Crippen molar-refractivity contribution in [1.82, 2.24) is 4.90 Å². The molecule has 0 aromatic rings. The van der Waals surface area contributed by atoms with Crippen LogP contribution >= 0.6 is 0 Å². The van der Waals surface area contributed by atoms with Gasteiger partial charge in [0.15, 0.2) is 5.79 Å². The van der Waals surface area contributed by atoms with Crippen LogP contribution in [0.15, 0.2) is 0 Å². The van der Waals surface area contributed by atoms with E-state index in [1.165, 1.54) is 0 Å². The van der Waals surface area contributed by atoms with Crippen molar-refractivity contribution in [3.63, 3.8) is 0 Å². The Morgan fingerprint density at radius 2 is 1.90 bits per heavy atom. The Kier molecular flexibility index (Phi) is 4.83. The van der Waals surface area contributed by atoms with E-state index < -0.39 is 11.4 Å². The zero-order chi connectivity index (χ0) is 15.7. The van der Waals surface area contributed by atoms with Gasteiger partial charge in [0.1, 0.15) is 5.60 Å². The van der Waals surface area contributed by atoms with Crippen LogP contribution in [0.4, 0.5) is 4.79 Å². The van der Waals surface area contributed by atoms with E-state index in [0.717, 1.165) is 32.4 Å². The van der Waals surface area contributed by atoms with Gasteiger partial charge in [0, 0.05) is 13.1 Å². The number of hydrogen-bond acceptors (Lipinski definition) is 4. The first-order chi connectivity index (χ1) is 9.65. The van der Waals surface area contributed by atoms with E-state index in [1.54, 1.807) is 0 Å². The summed E-state index contributed by atoms with van der Waals surface area (Å²) in [5, 5.41) is 0. The molecule has 0 bridgehead atoms. The van der Waals surface area contributed by atoms with Gasteiger partial charge in [-0.05, 0) is 59.8 Å². The van der Waals surface area contributed by atoms with E-state index in [2.05, 4.69) is 0 Å². The Morgan fingerprint density at radius 3 is 2.38 bits per heavy atom. The summed E-state index contributed by atoms with van der Waals surface area (Å²) in [7, 11) is 0. The molecule has 0 aliphatic carbocycles. The number of likely N-dealkylation sites (tertiary alicyclic amines) is 1. The van der Waals surface area contributed by atoms with Gasteiger partial charge in [-0.25, -0.2) is 4.79 Å². The smallest absolute Gasteiger partial charge is 0.410 e. The molecule has 2 saturated heterocycles. The van der Waals surface area contributed by atoms with Crippen LogP contribution in [-0.2, 0) is 14.2 Å². The lowest BCUT2D eigenvalue weighted by Gasteiger charge is -2.34. The predicted molar refractivity (Wildman–Crippen MR) is 80.1 cm³/mol. The zero-order valence-electron chi connectivity index (χ0n) is 14.0. The second-order valence-corrected chi connectivity index (χ2v) is 7.60. The third-order valence-electron chi connectivity index (χ3n) is 3.93. The van der Waals surface area contributed by atoms with Gasteiger partial charge >= 0.3 is 6.09 Å². The monoisotopic (exact) mass is 299 g/mol. The van der Waals surface area contributed by atoms with Crippen LogP contribution in [0.1, 0.15) is 53.9 Å². The molecule has 1 unspecified atom stereocenters. The summed E-state index contributed by atoms with van der Waals surface area (Å²) in [4.78, 5) is 13.8. The number of carbonyl (C=O) groups is 1. The quantitative estimate of drug-likeness (QED) is 0.786. The molecule has 0 N–H and O–H groups in total. The van der Waals surface area contributed by atoms with Crippen molar-refractivity contribution >= 4 is 6.09 Å². The minimum atomic E-state index is -0.443. The van der Waals surface area contributed by atoms with E-state index in [1.807, 2.05) is 39.5 Å². The fourth-order valence-electron chi connectivity index (χ4n) is 2.93. The normalized spacial score (nSPS) is 26.9. The van der Waals surface area contributed by atoms with E-state index in [9.17, 15) is 4.79 Å². The molecule has 5 nitrogen and oxygen atoms in total. The fourth-order valence-corrected chi connectivity index (χ4v) is 2.93. The Bertz CT molecular complexity index is 367. The van der Waals surface area contributed by atoms with Crippen molar-refractivity contribution in [3.05, 3.63) is 0 Å². The topological polar surface area (TPSA) is 48.0 Å². The molecule has 2 fully saturated rings. The van der Waals surface area contributed by atoms with Crippen LogP contribution in [-0.4, -0.2) is 48.2 Å². The minimum Gasteiger partial charge on any atom is -0.444 e. The third-order valence-corrected chi connectivity index (χ3v) is 3.93. The highest BCUT2D eigenvalue weighted by Crippen LogP contribution is 2.30. The lowest BCUT2D eigenvalue weighted by Crippen LogP contribution is -2.42. The van der Waals surface area contributed by atoms with Gasteiger partial charge in [0.05, 0.1) is 12.7 Å². The predicted octanol–water partition coefficient (Wildman–Crippen LogP) is 3.18. The molecule has 2 aliphatic rings. The third kappa shape index (κ3) is 5.15. The molecule has 0 saturated carbocycles. The number of carbonyl (C=O) groups excluding carboxylic acids is 1. The largest absolute Gasteiger partial charge is 0.444 e. The van der Waals surface area contributed by atoms with E-state index in [4.69, 9.17) is 14.2 Å². The number of rotatable bonds is 2. The van der Waals surface area contributed by atoms with Gasteiger partial charge < -0.3 is 19.1 Å². The number of ether oxygens (including phenoxy) is 3. The van der Waals surface area contributed by atoms with Crippen molar-refractivity contribution < 1.29 is 19.0 Å². The average molecular weight is 299 g/mol. The Labute approximate surface area is 127 Å². The van der Waals surface area contributed by atoms with E-state index in [-0.39, 0.29) is 12.2 Å². The summed E-state index contributed by atoms with van der Waals surface area (Å²) in [5.74, 6) is 0.160. The van der Waals surface area contributed by atoms with E-state index in [0.29, 0.717) is 12.5 Å². The SMILES string of the molecule is CC(C)(C)OC(=O)N1CCC(CC2COC(C)(C)O2)CC1. The van der Waals surface area contributed by atoms with Gasteiger partial charge in [0.2, 0.25) is 0 Å². The molecule has 0 aromatic heterocycles. The fraction of sp³-hybridized carbons (Fsp3) is 0.938. The van der Waals surface area contributed by atoms with Crippen molar-refractivity contribution in [2.75, 3.05) is 19.7 Å². The number of amides is 1. The molecule has 2 rings (SSSR count). The maximum Gasteiger partial charge on any atom is 0.410 e. The van der Waals surface area contributed by atoms with Gasteiger partial charge in [-0.2, -0.15) is 0 Å². The van der Waals surface area contributed by atoms with Crippen LogP contribution in [0.3, 0.4) is 0 Å². The van der Waals surface area contributed by atoms with E-state index >= 15 is 0 Å². The Hall–Kier alpha value is -0.810.